The number of likely N-dealkylation sites (tertiary alicyclic amines) is 1. The molecule has 4 aliphatic rings. The quantitative estimate of drug-likeness (QED) is 0.779. The van der Waals surface area contributed by atoms with E-state index in [9.17, 15) is 9.59 Å². The molecule has 4 fully saturated rings. The van der Waals surface area contributed by atoms with Gasteiger partial charge in [-0.1, -0.05) is 29.8 Å². The molecule has 2 aliphatic heterocycles. The van der Waals surface area contributed by atoms with Gasteiger partial charge in [0.05, 0.1) is 13.0 Å². The molecule has 1 aromatic carbocycles. The molecule has 2 atom stereocenters. The zero-order valence-corrected chi connectivity index (χ0v) is 14.8. The van der Waals surface area contributed by atoms with Crippen LogP contribution in [0.4, 0.5) is 0 Å². The van der Waals surface area contributed by atoms with Crippen molar-refractivity contribution in [1.29, 1.82) is 0 Å². The van der Waals surface area contributed by atoms with Crippen LogP contribution in [-0.2, 0) is 19.7 Å². The largest absolute Gasteiger partial charge is 0.465 e. The van der Waals surface area contributed by atoms with Crippen molar-refractivity contribution >= 4 is 11.9 Å². The highest BCUT2D eigenvalue weighted by molar-refractivity contribution is 5.81. The third-order valence-corrected chi connectivity index (χ3v) is 7.17. The number of piperidine rings is 1. The van der Waals surface area contributed by atoms with Crippen LogP contribution in [0.25, 0.3) is 0 Å². The second-order valence-corrected chi connectivity index (χ2v) is 8.90. The summed E-state index contributed by atoms with van der Waals surface area (Å²) in [6.07, 6.45) is 4.49. The van der Waals surface area contributed by atoms with Gasteiger partial charge in [0.2, 0.25) is 5.91 Å². The Morgan fingerprint density at radius 3 is 2.80 bits per heavy atom. The summed E-state index contributed by atoms with van der Waals surface area (Å²) < 4.78 is 5.12. The minimum absolute atomic E-state index is 0.0158. The van der Waals surface area contributed by atoms with Crippen LogP contribution in [0.1, 0.15) is 43.2 Å². The zero-order valence-electron chi connectivity index (χ0n) is 14.8. The van der Waals surface area contributed by atoms with Gasteiger partial charge < -0.3 is 9.64 Å². The van der Waals surface area contributed by atoms with E-state index in [4.69, 9.17) is 4.74 Å². The third-order valence-electron chi connectivity index (χ3n) is 7.17. The summed E-state index contributed by atoms with van der Waals surface area (Å²) in [6.45, 7) is 4.46. The van der Waals surface area contributed by atoms with Gasteiger partial charge in [-0.25, -0.2) is 0 Å². The van der Waals surface area contributed by atoms with E-state index in [2.05, 4.69) is 36.1 Å². The van der Waals surface area contributed by atoms with Crippen LogP contribution in [0.5, 0.6) is 0 Å². The summed E-state index contributed by atoms with van der Waals surface area (Å²) in [5.74, 6) is 0.955. The number of rotatable bonds is 2. The number of amides is 1. The lowest BCUT2D eigenvalue weighted by atomic mass is 9.61. The first-order valence-corrected chi connectivity index (χ1v) is 9.51. The average molecular weight is 339 g/mol. The van der Waals surface area contributed by atoms with Crippen LogP contribution in [0.3, 0.4) is 0 Å². The average Bonchev–Trinajstić information content (AvgIpc) is 3.19. The van der Waals surface area contributed by atoms with Crippen LogP contribution in [0, 0.1) is 24.2 Å². The van der Waals surface area contributed by atoms with Gasteiger partial charge in [-0.3, -0.25) is 9.59 Å². The Morgan fingerprint density at radius 1 is 1.28 bits per heavy atom. The lowest BCUT2D eigenvalue weighted by Gasteiger charge is -2.45. The molecule has 4 heteroatoms. The molecule has 4 nitrogen and oxygen atoms in total. The Balaban J connectivity index is 1.22. The lowest BCUT2D eigenvalue weighted by molar-refractivity contribution is -0.145. The third kappa shape index (κ3) is 2.33. The molecule has 1 spiro atoms. The fraction of sp³-hybridized carbons (Fsp3) is 0.619. The summed E-state index contributed by atoms with van der Waals surface area (Å²) in [7, 11) is 0. The van der Waals surface area contributed by atoms with E-state index in [-0.39, 0.29) is 17.3 Å². The maximum absolute atomic E-state index is 12.9. The van der Waals surface area contributed by atoms with Crippen molar-refractivity contribution in [3.05, 3.63) is 35.4 Å². The molecular formula is C21H25NO3. The number of fused-ring (bicyclic) bond motifs is 1. The fourth-order valence-corrected chi connectivity index (χ4v) is 5.59. The summed E-state index contributed by atoms with van der Waals surface area (Å²) in [5, 5.41) is 0. The van der Waals surface area contributed by atoms with Crippen LogP contribution in [0.15, 0.2) is 24.3 Å². The summed E-state index contributed by atoms with van der Waals surface area (Å²) in [6, 6.07) is 8.90. The Hall–Kier alpha value is -1.84. The van der Waals surface area contributed by atoms with E-state index in [1.807, 2.05) is 0 Å². The van der Waals surface area contributed by atoms with E-state index in [1.54, 1.807) is 0 Å². The smallest absolute Gasteiger partial charge is 0.306 e. The molecule has 0 aromatic heterocycles. The number of benzene rings is 1. The van der Waals surface area contributed by atoms with Crippen LogP contribution >= 0.6 is 0 Å². The van der Waals surface area contributed by atoms with Crippen molar-refractivity contribution in [2.45, 2.75) is 44.4 Å². The Kier molecular flexibility index (Phi) is 3.14. The monoisotopic (exact) mass is 339 g/mol. The Labute approximate surface area is 148 Å². The lowest BCUT2D eigenvalue weighted by Crippen LogP contribution is -2.50. The molecule has 0 N–H and O–H groups in total. The number of aryl methyl sites for hydroxylation is 1. The maximum atomic E-state index is 12.9. The van der Waals surface area contributed by atoms with Gasteiger partial charge in [-0.15, -0.1) is 0 Å². The van der Waals surface area contributed by atoms with Gasteiger partial charge >= 0.3 is 5.97 Å². The molecule has 0 bridgehead atoms. The molecule has 2 aliphatic carbocycles. The zero-order chi connectivity index (χ0) is 17.2. The van der Waals surface area contributed by atoms with Crippen LogP contribution in [-0.4, -0.2) is 36.5 Å². The first kappa shape index (κ1) is 15.4. The molecule has 0 radical (unpaired) electrons. The number of esters is 1. The second-order valence-electron chi connectivity index (χ2n) is 8.90. The minimum atomic E-state index is -0.0928. The van der Waals surface area contributed by atoms with Gasteiger partial charge in [0, 0.05) is 29.8 Å². The van der Waals surface area contributed by atoms with Gasteiger partial charge in [0.25, 0.3) is 0 Å². The van der Waals surface area contributed by atoms with E-state index in [0.717, 1.165) is 32.4 Å². The summed E-state index contributed by atoms with van der Waals surface area (Å²) in [4.78, 5) is 26.3. The van der Waals surface area contributed by atoms with Crippen molar-refractivity contribution in [3.8, 4) is 0 Å². The van der Waals surface area contributed by atoms with Crippen LogP contribution in [0.2, 0.25) is 0 Å². The topological polar surface area (TPSA) is 46.6 Å². The first-order chi connectivity index (χ1) is 12.0. The molecule has 2 heterocycles. The highest BCUT2D eigenvalue weighted by Gasteiger charge is 2.59. The van der Waals surface area contributed by atoms with Gasteiger partial charge in [0.1, 0.15) is 0 Å². The first-order valence-electron chi connectivity index (χ1n) is 9.51. The normalized spacial score (nSPS) is 38.9. The number of nitrogens with zero attached hydrogens (tertiary/aromatic N) is 1. The summed E-state index contributed by atoms with van der Waals surface area (Å²) >= 11 is 0. The molecule has 5 rings (SSSR count). The molecule has 2 saturated carbocycles. The number of cyclic esters (lactones) is 1. The SMILES string of the molecule is Cc1cccc([C@@]23CCN(C(=O)C4CC5(COC(=O)C5)C4)C[C@@H]2C3)c1. The number of hydrogen-bond acceptors (Lipinski definition) is 3. The standard InChI is InChI=1S/C21H25NO3/c1-14-3-2-4-16(7-14)21-5-6-22(12-17(21)10-21)19(24)15-8-20(9-15)11-18(23)25-13-20/h2-4,7,15,17H,5-6,8-13H2,1H3/t15?,17-,20?,21-/m0/s1. The maximum Gasteiger partial charge on any atom is 0.306 e. The predicted octanol–water partition coefficient (Wildman–Crippen LogP) is 2.83. The number of carbonyl (C=O) groups excluding carboxylic acids is 2. The predicted molar refractivity (Wildman–Crippen MR) is 92.9 cm³/mol. The highest BCUT2D eigenvalue weighted by Crippen LogP contribution is 2.60. The summed E-state index contributed by atoms with van der Waals surface area (Å²) in [5.41, 5.74) is 3.10. The number of hydrogen-bond donors (Lipinski definition) is 0. The Bertz CT molecular complexity index is 751. The molecule has 0 unspecified atom stereocenters. The fourth-order valence-electron chi connectivity index (χ4n) is 5.59. The Morgan fingerprint density at radius 2 is 2.12 bits per heavy atom. The number of ether oxygens (including phenoxy) is 1. The van der Waals surface area contributed by atoms with Gasteiger partial charge in [-0.2, -0.15) is 0 Å². The van der Waals surface area contributed by atoms with Gasteiger partial charge in [0.15, 0.2) is 0 Å². The molecule has 1 amide bonds. The highest BCUT2D eigenvalue weighted by atomic mass is 16.5. The van der Waals surface area contributed by atoms with Crippen molar-refractivity contribution < 1.29 is 14.3 Å². The molecule has 2 saturated heterocycles. The van der Waals surface area contributed by atoms with E-state index < -0.39 is 0 Å². The molecule has 25 heavy (non-hydrogen) atoms. The minimum Gasteiger partial charge on any atom is -0.465 e. The van der Waals surface area contributed by atoms with E-state index >= 15 is 0 Å². The van der Waals surface area contributed by atoms with E-state index in [0.29, 0.717) is 30.3 Å². The van der Waals surface area contributed by atoms with Crippen LogP contribution < -0.4 is 0 Å². The van der Waals surface area contributed by atoms with Crippen molar-refractivity contribution in [2.75, 3.05) is 19.7 Å². The molecular weight excluding hydrogens is 314 g/mol. The number of carbonyl (C=O) groups is 2. The van der Waals surface area contributed by atoms with E-state index in [1.165, 1.54) is 17.5 Å². The second kappa shape index (κ2) is 5.09. The van der Waals surface area contributed by atoms with Crippen molar-refractivity contribution in [2.24, 2.45) is 17.3 Å². The molecule has 132 valence electrons. The van der Waals surface area contributed by atoms with Crippen molar-refractivity contribution in [3.63, 3.8) is 0 Å². The van der Waals surface area contributed by atoms with Crippen molar-refractivity contribution in [1.82, 2.24) is 4.90 Å². The molecule has 1 aromatic rings. The van der Waals surface area contributed by atoms with Gasteiger partial charge in [-0.05, 0) is 44.1 Å².